The van der Waals surface area contributed by atoms with Gasteiger partial charge < -0.3 is 15.0 Å². The van der Waals surface area contributed by atoms with Crippen molar-refractivity contribution in [2.75, 3.05) is 33.3 Å². The molecule has 0 aliphatic carbocycles. The Kier molecular flexibility index (Phi) is 6.12. The summed E-state index contributed by atoms with van der Waals surface area (Å²) in [4.78, 5) is 2.28. The van der Waals surface area contributed by atoms with Crippen molar-refractivity contribution in [3.05, 3.63) is 33.8 Å². The first-order valence-electron chi connectivity index (χ1n) is 7.10. The molecule has 0 radical (unpaired) electrons. The van der Waals surface area contributed by atoms with Gasteiger partial charge in [0.1, 0.15) is 0 Å². The van der Waals surface area contributed by atoms with Crippen LogP contribution in [0, 0.1) is 0 Å². The Morgan fingerprint density at radius 1 is 1.45 bits per heavy atom. The van der Waals surface area contributed by atoms with Gasteiger partial charge in [-0.15, -0.1) is 0 Å². The predicted molar refractivity (Wildman–Crippen MR) is 84.7 cm³/mol. The first-order valence-corrected chi connectivity index (χ1v) is 7.86. The van der Waals surface area contributed by atoms with Gasteiger partial charge >= 0.3 is 0 Å². The summed E-state index contributed by atoms with van der Waals surface area (Å²) in [7, 11) is 2.12. The second-order valence-corrected chi connectivity index (χ2v) is 6.11. The van der Waals surface area contributed by atoms with Crippen molar-refractivity contribution in [2.24, 2.45) is 0 Å². The first-order chi connectivity index (χ1) is 9.61. The van der Waals surface area contributed by atoms with E-state index >= 15 is 0 Å². The topological polar surface area (TPSA) is 24.5 Å². The molecule has 1 saturated heterocycles. The van der Waals surface area contributed by atoms with Gasteiger partial charge in [-0.25, -0.2) is 0 Å². The monoisotopic (exact) mass is 316 g/mol. The van der Waals surface area contributed by atoms with E-state index in [1.165, 1.54) is 0 Å². The molecule has 0 aromatic heterocycles. The Labute approximate surface area is 131 Å². The van der Waals surface area contributed by atoms with Crippen LogP contribution in [0.2, 0.25) is 10.0 Å². The SMILES string of the molecule is CCCNC(c1cc(Cl)ccc1Cl)C1CN(C)CCO1. The maximum atomic E-state index is 6.36. The minimum atomic E-state index is 0.0731. The molecule has 112 valence electrons. The van der Waals surface area contributed by atoms with E-state index in [0.29, 0.717) is 5.02 Å². The lowest BCUT2D eigenvalue weighted by molar-refractivity contribution is -0.0392. The summed E-state index contributed by atoms with van der Waals surface area (Å²) in [5.74, 6) is 0. The number of morpholine rings is 1. The molecule has 5 heteroatoms. The minimum Gasteiger partial charge on any atom is -0.374 e. The van der Waals surface area contributed by atoms with Gasteiger partial charge in [0, 0.05) is 23.1 Å². The van der Waals surface area contributed by atoms with Crippen molar-refractivity contribution in [2.45, 2.75) is 25.5 Å². The van der Waals surface area contributed by atoms with Crippen LogP contribution in [-0.2, 0) is 4.74 Å². The molecule has 1 aromatic rings. The number of likely N-dealkylation sites (N-methyl/N-ethyl adjacent to an activating group) is 1. The highest BCUT2D eigenvalue weighted by atomic mass is 35.5. The van der Waals surface area contributed by atoms with Crippen molar-refractivity contribution in [3.63, 3.8) is 0 Å². The van der Waals surface area contributed by atoms with Crippen LogP contribution >= 0.6 is 23.2 Å². The molecule has 3 nitrogen and oxygen atoms in total. The quantitative estimate of drug-likeness (QED) is 0.901. The zero-order chi connectivity index (χ0) is 14.5. The summed E-state index contributed by atoms with van der Waals surface area (Å²) < 4.78 is 5.95. The van der Waals surface area contributed by atoms with Gasteiger partial charge in [-0.05, 0) is 43.8 Å². The average molecular weight is 317 g/mol. The van der Waals surface area contributed by atoms with E-state index in [-0.39, 0.29) is 12.1 Å². The number of hydrogen-bond acceptors (Lipinski definition) is 3. The zero-order valence-corrected chi connectivity index (χ0v) is 13.5. The third kappa shape index (κ3) is 4.09. The highest BCUT2D eigenvalue weighted by Gasteiger charge is 2.29. The Balaban J connectivity index is 2.23. The maximum absolute atomic E-state index is 6.36. The largest absolute Gasteiger partial charge is 0.374 e. The van der Waals surface area contributed by atoms with E-state index in [9.17, 15) is 0 Å². The molecule has 1 N–H and O–H groups in total. The van der Waals surface area contributed by atoms with Crippen LogP contribution in [0.1, 0.15) is 24.9 Å². The number of nitrogens with zero attached hydrogens (tertiary/aromatic N) is 1. The lowest BCUT2D eigenvalue weighted by atomic mass is 9.99. The average Bonchev–Trinajstić information content (AvgIpc) is 2.43. The van der Waals surface area contributed by atoms with Gasteiger partial charge in [-0.3, -0.25) is 0 Å². The molecule has 2 rings (SSSR count). The summed E-state index contributed by atoms with van der Waals surface area (Å²) in [6.07, 6.45) is 1.16. The van der Waals surface area contributed by atoms with E-state index in [2.05, 4.69) is 24.2 Å². The molecule has 1 aliphatic heterocycles. The van der Waals surface area contributed by atoms with Gasteiger partial charge in [0.15, 0.2) is 0 Å². The molecular weight excluding hydrogens is 295 g/mol. The summed E-state index contributed by atoms with van der Waals surface area (Å²) in [6.45, 7) is 5.70. The summed E-state index contributed by atoms with van der Waals surface area (Å²) in [6, 6.07) is 5.68. The molecule has 20 heavy (non-hydrogen) atoms. The van der Waals surface area contributed by atoms with Crippen LogP contribution in [0.5, 0.6) is 0 Å². The fourth-order valence-corrected chi connectivity index (χ4v) is 2.92. The van der Waals surface area contributed by atoms with E-state index < -0.39 is 0 Å². The molecular formula is C15H22Cl2N2O. The Bertz CT molecular complexity index is 442. The Morgan fingerprint density at radius 2 is 2.25 bits per heavy atom. The van der Waals surface area contributed by atoms with Crippen LogP contribution in [0.25, 0.3) is 0 Å². The van der Waals surface area contributed by atoms with Gasteiger partial charge in [-0.1, -0.05) is 30.1 Å². The van der Waals surface area contributed by atoms with Crippen molar-refractivity contribution < 1.29 is 4.74 Å². The van der Waals surface area contributed by atoms with Gasteiger partial charge in [0.05, 0.1) is 18.8 Å². The maximum Gasteiger partial charge on any atom is 0.0897 e. The van der Waals surface area contributed by atoms with Crippen molar-refractivity contribution in [1.29, 1.82) is 0 Å². The number of benzene rings is 1. The van der Waals surface area contributed by atoms with Crippen LogP contribution in [0.3, 0.4) is 0 Å². The third-order valence-electron chi connectivity index (χ3n) is 3.58. The molecule has 1 aromatic carbocycles. The molecule has 1 heterocycles. The van der Waals surface area contributed by atoms with Crippen LogP contribution in [-0.4, -0.2) is 44.3 Å². The van der Waals surface area contributed by atoms with Crippen LogP contribution in [0.4, 0.5) is 0 Å². The summed E-state index contributed by atoms with van der Waals surface area (Å²) in [5.41, 5.74) is 1.02. The van der Waals surface area contributed by atoms with Crippen molar-refractivity contribution in [3.8, 4) is 0 Å². The first kappa shape index (κ1) is 16.1. The number of nitrogens with one attached hydrogen (secondary N) is 1. The van der Waals surface area contributed by atoms with E-state index in [1.54, 1.807) is 0 Å². The summed E-state index contributed by atoms with van der Waals surface area (Å²) in [5, 5.41) is 4.99. The smallest absolute Gasteiger partial charge is 0.0897 e. The van der Waals surface area contributed by atoms with E-state index in [0.717, 1.165) is 43.2 Å². The number of rotatable bonds is 5. The number of ether oxygens (including phenoxy) is 1. The Hall–Kier alpha value is -0.320. The molecule has 1 aliphatic rings. The lowest BCUT2D eigenvalue weighted by Crippen LogP contribution is -2.47. The van der Waals surface area contributed by atoms with Crippen molar-refractivity contribution >= 4 is 23.2 Å². The second-order valence-electron chi connectivity index (χ2n) is 5.27. The Morgan fingerprint density at radius 3 is 2.95 bits per heavy atom. The highest BCUT2D eigenvalue weighted by Crippen LogP contribution is 2.30. The van der Waals surface area contributed by atoms with Gasteiger partial charge in [0.25, 0.3) is 0 Å². The lowest BCUT2D eigenvalue weighted by Gasteiger charge is -2.36. The number of halogens is 2. The summed E-state index contributed by atoms with van der Waals surface area (Å²) >= 11 is 12.5. The van der Waals surface area contributed by atoms with Crippen molar-refractivity contribution in [1.82, 2.24) is 10.2 Å². The van der Waals surface area contributed by atoms with E-state index in [4.69, 9.17) is 27.9 Å². The molecule has 0 spiro atoms. The van der Waals surface area contributed by atoms with Gasteiger partial charge in [-0.2, -0.15) is 0 Å². The fraction of sp³-hybridized carbons (Fsp3) is 0.600. The molecule has 0 bridgehead atoms. The zero-order valence-electron chi connectivity index (χ0n) is 12.0. The van der Waals surface area contributed by atoms with E-state index in [1.807, 2.05) is 18.2 Å². The molecule has 0 amide bonds. The molecule has 1 fully saturated rings. The standard InChI is InChI=1S/C15H22Cl2N2O/c1-3-6-18-15(14-10-19(2)7-8-20-14)12-9-11(16)4-5-13(12)17/h4-5,9,14-15,18H,3,6-8,10H2,1-2H3. The normalized spacial score (nSPS) is 21.9. The number of hydrogen-bond donors (Lipinski definition) is 1. The van der Waals surface area contributed by atoms with Gasteiger partial charge in [0.2, 0.25) is 0 Å². The third-order valence-corrected chi connectivity index (χ3v) is 4.15. The van der Waals surface area contributed by atoms with Crippen LogP contribution in [0.15, 0.2) is 18.2 Å². The molecule has 2 unspecified atom stereocenters. The second kappa shape index (κ2) is 7.62. The van der Waals surface area contributed by atoms with Crippen LogP contribution < -0.4 is 5.32 Å². The minimum absolute atomic E-state index is 0.0731. The highest BCUT2D eigenvalue weighted by molar-refractivity contribution is 6.33. The molecule has 2 atom stereocenters. The fourth-order valence-electron chi connectivity index (χ4n) is 2.51. The predicted octanol–water partition coefficient (Wildman–Crippen LogP) is 3.36. The molecule has 0 saturated carbocycles.